The van der Waals surface area contributed by atoms with Gasteiger partial charge in [-0.05, 0) is 63.2 Å². The quantitative estimate of drug-likeness (QED) is 0.458. The molecular formula is C17H28N4. The molecule has 116 valence electrons. The summed E-state index contributed by atoms with van der Waals surface area (Å²) in [5.41, 5.74) is 12.1. The molecule has 21 heavy (non-hydrogen) atoms. The average molecular weight is 288 g/mol. The summed E-state index contributed by atoms with van der Waals surface area (Å²) in [4.78, 5) is 6.60. The lowest BCUT2D eigenvalue weighted by Gasteiger charge is -2.32. The number of hydrogen-bond donors (Lipinski definition) is 2. The van der Waals surface area contributed by atoms with Gasteiger partial charge in [0.05, 0.1) is 0 Å². The number of likely N-dealkylation sites (tertiary alicyclic amines) is 1. The second-order valence-electron chi connectivity index (χ2n) is 5.99. The fourth-order valence-corrected chi connectivity index (χ4v) is 3.02. The van der Waals surface area contributed by atoms with Crippen LogP contribution in [0.25, 0.3) is 0 Å². The molecule has 1 aromatic rings. The first-order valence-corrected chi connectivity index (χ1v) is 8.05. The standard InChI is InChI=1S/C17H28N4/c18-17(19)20-10-4-5-11-21-12-8-16(9-13-21)14-15-6-2-1-3-7-15/h1-3,6-7,16H,4-5,8-14H2,(H4,18,19,20). The van der Waals surface area contributed by atoms with E-state index in [2.05, 4.69) is 40.2 Å². The van der Waals surface area contributed by atoms with E-state index in [4.69, 9.17) is 11.5 Å². The number of aliphatic imine (C=N–C) groups is 1. The first kappa shape index (κ1) is 15.8. The molecule has 0 aromatic heterocycles. The van der Waals surface area contributed by atoms with E-state index in [0.29, 0.717) is 0 Å². The molecule has 4 heteroatoms. The average Bonchev–Trinajstić information content (AvgIpc) is 2.49. The van der Waals surface area contributed by atoms with Gasteiger partial charge in [0.2, 0.25) is 0 Å². The Morgan fingerprint density at radius 1 is 1.10 bits per heavy atom. The fourth-order valence-electron chi connectivity index (χ4n) is 3.02. The largest absolute Gasteiger partial charge is 0.370 e. The van der Waals surface area contributed by atoms with Gasteiger partial charge in [0.15, 0.2) is 5.96 Å². The van der Waals surface area contributed by atoms with Crippen molar-refractivity contribution in [2.45, 2.75) is 32.1 Å². The van der Waals surface area contributed by atoms with Gasteiger partial charge in [-0.25, -0.2) is 0 Å². The lowest BCUT2D eigenvalue weighted by Crippen LogP contribution is -2.35. The summed E-state index contributed by atoms with van der Waals surface area (Å²) in [6.45, 7) is 4.41. The molecule has 1 aliphatic rings. The van der Waals surface area contributed by atoms with Crippen LogP contribution >= 0.6 is 0 Å². The summed E-state index contributed by atoms with van der Waals surface area (Å²) in [6, 6.07) is 10.9. The van der Waals surface area contributed by atoms with Crippen LogP contribution in [0.1, 0.15) is 31.2 Å². The van der Waals surface area contributed by atoms with Crippen molar-refractivity contribution in [1.82, 2.24) is 4.90 Å². The van der Waals surface area contributed by atoms with Crippen LogP contribution in [-0.2, 0) is 6.42 Å². The third-order valence-electron chi connectivity index (χ3n) is 4.25. The topological polar surface area (TPSA) is 67.6 Å². The minimum absolute atomic E-state index is 0.205. The van der Waals surface area contributed by atoms with Gasteiger partial charge in [-0.15, -0.1) is 0 Å². The summed E-state index contributed by atoms with van der Waals surface area (Å²) in [7, 11) is 0. The van der Waals surface area contributed by atoms with Crippen molar-refractivity contribution in [3.63, 3.8) is 0 Å². The molecule has 1 saturated heterocycles. The minimum Gasteiger partial charge on any atom is -0.370 e. The molecule has 4 nitrogen and oxygen atoms in total. The maximum Gasteiger partial charge on any atom is 0.185 e. The van der Waals surface area contributed by atoms with E-state index in [9.17, 15) is 0 Å². The molecule has 0 unspecified atom stereocenters. The normalized spacial score (nSPS) is 16.8. The molecule has 0 radical (unpaired) electrons. The molecule has 0 atom stereocenters. The maximum atomic E-state index is 5.31. The van der Waals surface area contributed by atoms with E-state index in [-0.39, 0.29) is 5.96 Å². The Morgan fingerprint density at radius 3 is 2.48 bits per heavy atom. The van der Waals surface area contributed by atoms with E-state index in [0.717, 1.165) is 18.9 Å². The minimum atomic E-state index is 0.205. The number of hydrogen-bond acceptors (Lipinski definition) is 2. The lowest BCUT2D eigenvalue weighted by molar-refractivity contribution is 0.181. The Labute approximate surface area is 128 Å². The van der Waals surface area contributed by atoms with Crippen molar-refractivity contribution >= 4 is 5.96 Å². The number of rotatable bonds is 7. The zero-order chi connectivity index (χ0) is 14.9. The van der Waals surface area contributed by atoms with Gasteiger partial charge >= 0.3 is 0 Å². The van der Waals surface area contributed by atoms with Crippen molar-refractivity contribution in [1.29, 1.82) is 0 Å². The van der Waals surface area contributed by atoms with Gasteiger partial charge in [0.25, 0.3) is 0 Å². The van der Waals surface area contributed by atoms with Gasteiger partial charge < -0.3 is 16.4 Å². The molecule has 1 fully saturated rings. The Balaban J connectivity index is 1.59. The highest BCUT2D eigenvalue weighted by Crippen LogP contribution is 2.21. The Morgan fingerprint density at radius 2 is 1.81 bits per heavy atom. The molecule has 1 heterocycles. The van der Waals surface area contributed by atoms with Crippen LogP contribution in [0.3, 0.4) is 0 Å². The van der Waals surface area contributed by atoms with E-state index >= 15 is 0 Å². The predicted molar refractivity (Wildman–Crippen MR) is 89.2 cm³/mol. The van der Waals surface area contributed by atoms with Gasteiger partial charge in [-0.1, -0.05) is 30.3 Å². The first-order valence-electron chi connectivity index (χ1n) is 8.05. The van der Waals surface area contributed by atoms with E-state index in [1.807, 2.05) is 0 Å². The highest BCUT2D eigenvalue weighted by molar-refractivity contribution is 5.75. The molecule has 0 bridgehead atoms. The molecule has 0 spiro atoms. The van der Waals surface area contributed by atoms with E-state index in [1.165, 1.54) is 50.9 Å². The van der Waals surface area contributed by atoms with Crippen LogP contribution in [0, 0.1) is 5.92 Å². The second kappa shape index (κ2) is 8.67. The summed E-state index contributed by atoms with van der Waals surface area (Å²) in [5, 5.41) is 0. The first-order chi connectivity index (χ1) is 10.2. The SMILES string of the molecule is NC(N)=NCCCCN1CCC(Cc2ccccc2)CC1. The summed E-state index contributed by atoms with van der Waals surface area (Å²) >= 11 is 0. The Bertz CT molecular complexity index is 418. The number of guanidine groups is 1. The third kappa shape index (κ3) is 6.17. The zero-order valence-corrected chi connectivity index (χ0v) is 12.9. The summed E-state index contributed by atoms with van der Waals surface area (Å²) < 4.78 is 0. The molecule has 4 N–H and O–H groups in total. The highest BCUT2D eigenvalue weighted by atomic mass is 15.1. The van der Waals surface area contributed by atoms with Crippen LogP contribution in [0.4, 0.5) is 0 Å². The fraction of sp³-hybridized carbons (Fsp3) is 0.588. The monoisotopic (exact) mass is 288 g/mol. The Hall–Kier alpha value is -1.55. The van der Waals surface area contributed by atoms with Gasteiger partial charge in [-0.2, -0.15) is 0 Å². The molecule has 2 rings (SSSR count). The molecule has 1 aromatic carbocycles. The maximum absolute atomic E-state index is 5.31. The lowest BCUT2D eigenvalue weighted by atomic mass is 9.90. The van der Waals surface area contributed by atoms with Gasteiger partial charge in [-0.3, -0.25) is 4.99 Å². The van der Waals surface area contributed by atoms with Crippen molar-refractivity contribution in [3.8, 4) is 0 Å². The van der Waals surface area contributed by atoms with Crippen LogP contribution in [0.2, 0.25) is 0 Å². The molecule has 0 saturated carbocycles. The van der Waals surface area contributed by atoms with Crippen LogP contribution in [0.5, 0.6) is 0 Å². The van der Waals surface area contributed by atoms with Crippen LogP contribution < -0.4 is 11.5 Å². The number of piperidine rings is 1. The number of unbranched alkanes of at least 4 members (excludes halogenated alkanes) is 1. The van der Waals surface area contributed by atoms with Crippen LogP contribution in [0.15, 0.2) is 35.3 Å². The van der Waals surface area contributed by atoms with Gasteiger partial charge in [0, 0.05) is 6.54 Å². The molecule has 0 amide bonds. The zero-order valence-electron chi connectivity index (χ0n) is 12.9. The Kier molecular flexibility index (Phi) is 6.54. The van der Waals surface area contributed by atoms with Crippen molar-refractivity contribution in [2.24, 2.45) is 22.4 Å². The van der Waals surface area contributed by atoms with Crippen molar-refractivity contribution in [2.75, 3.05) is 26.2 Å². The predicted octanol–water partition coefficient (Wildman–Crippen LogP) is 1.99. The smallest absolute Gasteiger partial charge is 0.185 e. The van der Waals surface area contributed by atoms with Crippen molar-refractivity contribution < 1.29 is 0 Å². The number of nitrogens with two attached hydrogens (primary N) is 2. The molecule has 1 aliphatic heterocycles. The second-order valence-corrected chi connectivity index (χ2v) is 5.99. The number of nitrogens with zero attached hydrogens (tertiary/aromatic N) is 2. The van der Waals surface area contributed by atoms with Crippen molar-refractivity contribution in [3.05, 3.63) is 35.9 Å². The van der Waals surface area contributed by atoms with Gasteiger partial charge in [0.1, 0.15) is 0 Å². The summed E-state index contributed by atoms with van der Waals surface area (Å²) in [5.74, 6) is 1.06. The van der Waals surface area contributed by atoms with E-state index < -0.39 is 0 Å². The third-order valence-corrected chi connectivity index (χ3v) is 4.25. The molecule has 0 aliphatic carbocycles. The molecular weight excluding hydrogens is 260 g/mol. The number of benzene rings is 1. The van der Waals surface area contributed by atoms with E-state index in [1.54, 1.807) is 0 Å². The highest BCUT2D eigenvalue weighted by Gasteiger charge is 2.18. The van der Waals surface area contributed by atoms with Crippen LogP contribution in [-0.4, -0.2) is 37.0 Å². The summed E-state index contributed by atoms with van der Waals surface area (Å²) in [6.07, 6.45) is 6.13.